The van der Waals surface area contributed by atoms with E-state index in [0.29, 0.717) is 0 Å². The van der Waals surface area contributed by atoms with E-state index >= 15 is 0 Å². The molecular weight excluding hydrogens is 328 g/mol. The maximum atomic E-state index is 11.8. The highest BCUT2D eigenvalue weighted by atomic mass is 16.5. The van der Waals surface area contributed by atoms with Crippen molar-refractivity contribution in [3.63, 3.8) is 0 Å². The summed E-state index contributed by atoms with van der Waals surface area (Å²) in [5, 5.41) is 7.37. The Morgan fingerprint density at radius 3 is 1.80 bits per heavy atom. The van der Waals surface area contributed by atoms with Crippen molar-refractivity contribution in [1.29, 1.82) is 0 Å². The molecule has 148 valence electrons. The van der Waals surface area contributed by atoms with E-state index < -0.39 is 23.8 Å². The van der Waals surface area contributed by atoms with Crippen LogP contribution in [0.5, 0.6) is 0 Å². The first kappa shape index (κ1) is 27.7. The summed E-state index contributed by atoms with van der Waals surface area (Å²) in [6.45, 7) is 9.14. The Morgan fingerprint density at radius 2 is 1.36 bits per heavy atom. The van der Waals surface area contributed by atoms with E-state index in [1.807, 2.05) is 27.7 Å². The van der Waals surface area contributed by atoms with E-state index in [4.69, 9.17) is 0 Å². The fourth-order valence-corrected chi connectivity index (χ4v) is 1.31. The van der Waals surface area contributed by atoms with Crippen LogP contribution in [0, 0.1) is 0 Å². The van der Waals surface area contributed by atoms with Gasteiger partial charge in [-0.3, -0.25) is 14.4 Å². The molecule has 0 saturated heterocycles. The molecule has 0 heterocycles. The Labute approximate surface area is 150 Å². The van der Waals surface area contributed by atoms with Gasteiger partial charge in [0.15, 0.2) is 0 Å². The van der Waals surface area contributed by atoms with Crippen LogP contribution >= 0.6 is 0 Å². The van der Waals surface area contributed by atoms with Gasteiger partial charge in [0.1, 0.15) is 6.04 Å². The third-order valence-electron chi connectivity index (χ3n) is 2.74. The van der Waals surface area contributed by atoms with Gasteiger partial charge >= 0.3 is 5.97 Å². The minimum Gasteiger partial charge on any atom is -0.467 e. The zero-order valence-corrected chi connectivity index (χ0v) is 16.7. The fraction of sp³-hybridized carbons (Fsp3) is 0.750. The number of carbonyl (C=O) groups excluding carboxylic acids is 4. The van der Waals surface area contributed by atoms with Crippen LogP contribution < -0.4 is 16.0 Å². The van der Waals surface area contributed by atoms with Gasteiger partial charge < -0.3 is 25.6 Å². The van der Waals surface area contributed by atoms with Gasteiger partial charge in [-0.1, -0.05) is 27.7 Å². The average Bonchev–Trinajstić information content (AvgIpc) is 2.65. The molecule has 1 unspecified atom stereocenters. The van der Waals surface area contributed by atoms with Gasteiger partial charge in [-0.2, -0.15) is 0 Å². The zero-order chi connectivity index (χ0) is 20.4. The van der Waals surface area contributed by atoms with Crippen LogP contribution in [0.4, 0.5) is 0 Å². The van der Waals surface area contributed by atoms with Crippen molar-refractivity contribution in [2.24, 2.45) is 0 Å². The van der Waals surface area contributed by atoms with Crippen LogP contribution in [0.15, 0.2) is 0 Å². The lowest BCUT2D eigenvalue weighted by molar-refractivity contribution is -0.150. The number of carbonyl (C=O) groups is 4. The molecule has 0 aromatic carbocycles. The Bertz CT molecular complexity index is 402. The monoisotopic (exact) mass is 362 g/mol. The molecule has 0 aliphatic rings. The van der Waals surface area contributed by atoms with Gasteiger partial charge in [0.25, 0.3) is 0 Å². The van der Waals surface area contributed by atoms with E-state index in [2.05, 4.69) is 20.7 Å². The maximum Gasteiger partial charge on any atom is 0.328 e. The minimum atomic E-state index is -0.741. The quantitative estimate of drug-likeness (QED) is 0.502. The highest BCUT2D eigenvalue weighted by Gasteiger charge is 2.22. The summed E-state index contributed by atoms with van der Waals surface area (Å²) >= 11 is 0. The van der Waals surface area contributed by atoms with Gasteiger partial charge in [0.05, 0.1) is 26.7 Å². The molecule has 25 heavy (non-hydrogen) atoms. The number of ether oxygens (including phenoxy) is 1. The third kappa shape index (κ3) is 13.9. The molecule has 3 amide bonds. The number of rotatable bonds is 8. The lowest BCUT2D eigenvalue weighted by Crippen LogP contribution is -2.47. The standard InChI is InChI=1S/C12H22N4O5.2C2H6/c1-8(12(20)21-4)16(3)11(19)7-15-10(18)6-14-9(17)5-13-2;2*1-2/h8,13H,5-7H2,1-4H3,(H,14,17)(H,15,18);2*1-2H3. The SMILES string of the molecule is CC.CC.CNCC(=O)NCC(=O)NCC(=O)N(C)C(C)C(=O)OC. The van der Waals surface area contributed by atoms with Crippen LogP contribution in [0.2, 0.25) is 0 Å². The second kappa shape index (κ2) is 18.2. The molecule has 0 bridgehead atoms. The van der Waals surface area contributed by atoms with Crippen molar-refractivity contribution in [1.82, 2.24) is 20.9 Å². The number of esters is 1. The topological polar surface area (TPSA) is 117 Å². The Morgan fingerprint density at radius 1 is 0.920 bits per heavy atom. The summed E-state index contributed by atoms with van der Waals surface area (Å²) in [4.78, 5) is 46.7. The van der Waals surface area contributed by atoms with E-state index in [-0.39, 0.29) is 25.5 Å². The summed E-state index contributed by atoms with van der Waals surface area (Å²) in [6.07, 6.45) is 0. The second-order valence-corrected chi connectivity index (χ2v) is 4.29. The number of nitrogens with one attached hydrogen (secondary N) is 3. The molecule has 1 atom stereocenters. The first-order valence-corrected chi connectivity index (χ1v) is 8.35. The summed E-state index contributed by atoms with van der Waals surface area (Å²) in [7, 11) is 4.27. The van der Waals surface area contributed by atoms with Crippen molar-refractivity contribution >= 4 is 23.7 Å². The summed E-state index contributed by atoms with van der Waals surface area (Å²) in [6, 6.07) is -0.741. The Kier molecular flexibility index (Phi) is 20.1. The van der Waals surface area contributed by atoms with Gasteiger partial charge in [0.2, 0.25) is 17.7 Å². The smallest absolute Gasteiger partial charge is 0.328 e. The van der Waals surface area contributed by atoms with E-state index in [1.165, 1.54) is 26.0 Å². The first-order chi connectivity index (χ1) is 11.8. The van der Waals surface area contributed by atoms with Gasteiger partial charge in [0, 0.05) is 7.05 Å². The fourth-order valence-electron chi connectivity index (χ4n) is 1.31. The minimum absolute atomic E-state index is 0.103. The van der Waals surface area contributed by atoms with Crippen molar-refractivity contribution in [2.75, 3.05) is 40.8 Å². The van der Waals surface area contributed by atoms with Crippen LogP contribution in [-0.2, 0) is 23.9 Å². The number of hydrogen-bond donors (Lipinski definition) is 3. The molecule has 0 rings (SSSR count). The molecule has 0 aromatic rings. The molecular formula is C16H34N4O5. The van der Waals surface area contributed by atoms with Crippen LogP contribution in [-0.4, -0.2) is 75.5 Å². The number of likely N-dealkylation sites (N-methyl/N-ethyl adjacent to an activating group) is 2. The van der Waals surface area contributed by atoms with Crippen LogP contribution in [0.1, 0.15) is 34.6 Å². The first-order valence-electron chi connectivity index (χ1n) is 8.35. The van der Waals surface area contributed by atoms with E-state index in [1.54, 1.807) is 7.05 Å². The molecule has 0 radical (unpaired) electrons. The van der Waals surface area contributed by atoms with E-state index in [0.717, 1.165) is 0 Å². The number of amides is 3. The van der Waals surface area contributed by atoms with Gasteiger partial charge in [-0.05, 0) is 14.0 Å². The van der Waals surface area contributed by atoms with Crippen LogP contribution in [0.25, 0.3) is 0 Å². The molecule has 9 heteroatoms. The third-order valence-corrected chi connectivity index (χ3v) is 2.74. The molecule has 3 N–H and O–H groups in total. The van der Waals surface area contributed by atoms with Crippen LogP contribution in [0.3, 0.4) is 0 Å². The molecule has 0 fully saturated rings. The Balaban J connectivity index is -0.00000112. The number of hydrogen-bond acceptors (Lipinski definition) is 6. The normalized spacial score (nSPS) is 9.92. The second-order valence-electron chi connectivity index (χ2n) is 4.29. The molecule has 0 aromatic heterocycles. The summed E-state index contributed by atoms with van der Waals surface area (Å²) in [5.41, 5.74) is 0. The zero-order valence-electron chi connectivity index (χ0n) is 16.7. The molecule has 0 saturated carbocycles. The average molecular weight is 362 g/mol. The van der Waals surface area contributed by atoms with Gasteiger partial charge in [-0.25, -0.2) is 4.79 Å². The highest BCUT2D eigenvalue weighted by Crippen LogP contribution is 1.97. The molecule has 0 aliphatic heterocycles. The number of methoxy groups -OCH3 is 1. The predicted octanol–water partition coefficient (Wildman–Crippen LogP) is -0.489. The van der Waals surface area contributed by atoms with Crippen molar-refractivity contribution in [2.45, 2.75) is 40.7 Å². The van der Waals surface area contributed by atoms with Crippen molar-refractivity contribution in [3.05, 3.63) is 0 Å². The van der Waals surface area contributed by atoms with E-state index in [9.17, 15) is 19.2 Å². The predicted molar refractivity (Wildman–Crippen MR) is 96.9 cm³/mol. The maximum absolute atomic E-state index is 11.8. The molecule has 9 nitrogen and oxygen atoms in total. The Hall–Kier alpha value is -2.16. The lowest BCUT2D eigenvalue weighted by Gasteiger charge is -2.22. The molecule has 0 aliphatic carbocycles. The number of nitrogens with zero attached hydrogens (tertiary/aromatic N) is 1. The van der Waals surface area contributed by atoms with Crippen molar-refractivity contribution < 1.29 is 23.9 Å². The molecule has 0 spiro atoms. The summed E-state index contributed by atoms with van der Waals surface area (Å²) in [5.74, 6) is -1.80. The highest BCUT2D eigenvalue weighted by molar-refractivity contribution is 5.90. The lowest BCUT2D eigenvalue weighted by atomic mass is 10.3. The largest absolute Gasteiger partial charge is 0.467 e. The summed E-state index contributed by atoms with van der Waals surface area (Å²) < 4.78 is 4.52. The van der Waals surface area contributed by atoms with Gasteiger partial charge in [-0.15, -0.1) is 0 Å². The van der Waals surface area contributed by atoms with Crippen molar-refractivity contribution in [3.8, 4) is 0 Å².